The van der Waals surface area contributed by atoms with Crippen LogP contribution in [0.5, 0.6) is 11.5 Å². The SMILES string of the molecule is CC(C)(C)c1cc(OCS(C)(C)c2ccccc2)c(C(C)(C)C)cc1O. The maximum absolute atomic E-state index is 10.6. The van der Waals surface area contributed by atoms with Crippen LogP contribution in [-0.4, -0.2) is 23.6 Å². The molecule has 0 spiro atoms. The van der Waals surface area contributed by atoms with Crippen molar-refractivity contribution in [3.63, 3.8) is 0 Å². The molecule has 0 aliphatic heterocycles. The van der Waals surface area contributed by atoms with Crippen molar-refractivity contribution in [3.8, 4) is 11.5 Å². The zero-order valence-electron chi connectivity index (χ0n) is 17.5. The van der Waals surface area contributed by atoms with E-state index in [4.69, 9.17) is 4.74 Å². The maximum atomic E-state index is 10.6. The average molecular weight is 375 g/mol. The Balaban J connectivity index is 2.41. The Morgan fingerprint density at radius 3 is 1.88 bits per heavy atom. The molecule has 2 aromatic rings. The Morgan fingerprint density at radius 2 is 1.38 bits per heavy atom. The zero-order chi connectivity index (χ0) is 19.8. The van der Waals surface area contributed by atoms with Gasteiger partial charge in [0.05, 0.1) is 0 Å². The number of benzene rings is 2. The minimum absolute atomic E-state index is 0.102. The summed E-state index contributed by atoms with van der Waals surface area (Å²) in [5.74, 6) is 1.90. The molecule has 0 radical (unpaired) electrons. The van der Waals surface area contributed by atoms with Crippen molar-refractivity contribution in [2.45, 2.75) is 57.3 Å². The molecule has 3 heteroatoms. The van der Waals surface area contributed by atoms with E-state index in [1.54, 1.807) is 0 Å². The molecule has 0 aliphatic carbocycles. The van der Waals surface area contributed by atoms with Gasteiger partial charge in [0.2, 0.25) is 0 Å². The normalized spacial score (nSPS) is 13.5. The van der Waals surface area contributed by atoms with Crippen LogP contribution in [0.15, 0.2) is 47.4 Å². The van der Waals surface area contributed by atoms with E-state index in [2.05, 4.69) is 78.3 Å². The van der Waals surface area contributed by atoms with Crippen LogP contribution in [0.4, 0.5) is 0 Å². The van der Waals surface area contributed by atoms with Gasteiger partial charge in [-0.3, -0.25) is 0 Å². The van der Waals surface area contributed by atoms with E-state index in [0.717, 1.165) is 16.9 Å². The van der Waals surface area contributed by atoms with Crippen LogP contribution in [0.1, 0.15) is 52.7 Å². The van der Waals surface area contributed by atoms with Gasteiger partial charge in [0, 0.05) is 11.1 Å². The highest BCUT2D eigenvalue weighted by molar-refractivity contribution is 8.32. The van der Waals surface area contributed by atoms with Crippen LogP contribution < -0.4 is 4.74 Å². The fraction of sp³-hybridized carbons (Fsp3) is 0.478. The van der Waals surface area contributed by atoms with Gasteiger partial charge in [0.25, 0.3) is 0 Å². The van der Waals surface area contributed by atoms with Gasteiger partial charge >= 0.3 is 0 Å². The number of phenolic OH excluding ortho intramolecular Hbond substituents is 1. The molecule has 0 aromatic heterocycles. The third-order valence-corrected chi connectivity index (χ3v) is 6.86. The van der Waals surface area contributed by atoms with Crippen molar-refractivity contribution in [1.82, 2.24) is 0 Å². The van der Waals surface area contributed by atoms with Crippen LogP contribution >= 0.6 is 10.0 Å². The van der Waals surface area contributed by atoms with E-state index in [1.165, 1.54) is 4.90 Å². The molecule has 0 heterocycles. The minimum atomic E-state index is -1.06. The van der Waals surface area contributed by atoms with Gasteiger partial charge in [0.1, 0.15) is 17.4 Å². The van der Waals surface area contributed by atoms with Gasteiger partial charge in [-0.15, -0.1) is 0 Å². The molecule has 0 fully saturated rings. The van der Waals surface area contributed by atoms with Crippen LogP contribution in [0.2, 0.25) is 0 Å². The third kappa shape index (κ3) is 4.76. The third-order valence-electron chi connectivity index (χ3n) is 4.60. The smallest absolute Gasteiger partial charge is 0.124 e. The Bertz CT molecular complexity index is 750. The highest BCUT2D eigenvalue weighted by Crippen LogP contribution is 2.50. The van der Waals surface area contributed by atoms with Crippen LogP contribution in [0, 0.1) is 0 Å². The summed E-state index contributed by atoms with van der Waals surface area (Å²) in [5, 5.41) is 10.6. The van der Waals surface area contributed by atoms with Gasteiger partial charge in [-0.2, -0.15) is 10.0 Å². The summed E-state index contributed by atoms with van der Waals surface area (Å²) in [4.78, 5) is 1.34. The Hall–Kier alpha value is -1.61. The summed E-state index contributed by atoms with van der Waals surface area (Å²) in [5.41, 5.74) is 1.73. The number of phenols is 1. The molecule has 0 saturated heterocycles. The number of aromatic hydroxyl groups is 1. The zero-order valence-corrected chi connectivity index (χ0v) is 18.3. The molecule has 0 aliphatic rings. The molecule has 1 N–H and O–H groups in total. The second-order valence-electron chi connectivity index (χ2n) is 9.48. The largest absolute Gasteiger partial charge is 0.508 e. The summed E-state index contributed by atoms with van der Waals surface area (Å²) >= 11 is 0. The molecule has 0 atom stereocenters. The standard InChI is InChI=1S/C23H34O2S/c1-22(2,3)18-15-21(19(14-20(18)24)23(4,5)6)25-16-26(7,8)17-12-10-9-11-13-17/h9-15,24H,16H2,1-8H3. The highest BCUT2D eigenvalue weighted by atomic mass is 32.3. The molecule has 2 nitrogen and oxygen atoms in total. The quantitative estimate of drug-likeness (QED) is 0.666. The first-order valence-corrected chi connectivity index (χ1v) is 11.7. The average Bonchev–Trinajstić information content (AvgIpc) is 2.52. The van der Waals surface area contributed by atoms with Gasteiger partial charge in [-0.25, -0.2) is 0 Å². The number of rotatable bonds is 4. The van der Waals surface area contributed by atoms with E-state index in [9.17, 15) is 5.11 Å². The molecule has 26 heavy (non-hydrogen) atoms. The predicted molar refractivity (Wildman–Crippen MR) is 115 cm³/mol. The predicted octanol–water partition coefficient (Wildman–Crippen LogP) is 6.45. The van der Waals surface area contributed by atoms with Crippen molar-refractivity contribution in [2.75, 3.05) is 18.5 Å². The first-order chi connectivity index (χ1) is 11.8. The lowest BCUT2D eigenvalue weighted by molar-refractivity contribution is 0.368. The van der Waals surface area contributed by atoms with Crippen molar-refractivity contribution in [1.29, 1.82) is 0 Å². The topological polar surface area (TPSA) is 29.5 Å². The molecule has 0 unspecified atom stereocenters. The van der Waals surface area contributed by atoms with Gasteiger partial charge < -0.3 is 9.84 Å². The summed E-state index contributed by atoms with van der Waals surface area (Å²) in [7, 11) is -1.06. The minimum Gasteiger partial charge on any atom is -0.508 e. The molecule has 2 aromatic carbocycles. The molecule has 0 amide bonds. The van der Waals surface area contributed by atoms with Gasteiger partial charge in [-0.05, 0) is 52.5 Å². The molecule has 144 valence electrons. The van der Waals surface area contributed by atoms with E-state index >= 15 is 0 Å². The summed E-state index contributed by atoms with van der Waals surface area (Å²) in [6, 6.07) is 14.5. The van der Waals surface area contributed by atoms with Crippen molar-refractivity contribution in [3.05, 3.63) is 53.6 Å². The summed E-state index contributed by atoms with van der Waals surface area (Å²) < 4.78 is 6.40. The number of hydrogen-bond donors (Lipinski definition) is 1. The number of ether oxygens (including phenoxy) is 1. The molecule has 2 rings (SSSR count). The number of hydrogen-bond acceptors (Lipinski definition) is 2. The molecular formula is C23H34O2S. The van der Waals surface area contributed by atoms with Crippen LogP contribution in [-0.2, 0) is 10.8 Å². The van der Waals surface area contributed by atoms with Gasteiger partial charge in [0.15, 0.2) is 0 Å². The van der Waals surface area contributed by atoms with Crippen molar-refractivity contribution < 1.29 is 9.84 Å². The fourth-order valence-electron chi connectivity index (χ4n) is 2.94. The van der Waals surface area contributed by atoms with Crippen LogP contribution in [0.3, 0.4) is 0 Å². The Labute approximate surface area is 160 Å². The Kier molecular flexibility index (Phi) is 5.72. The van der Waals surface area contributed by atoms with Gasteiger partial charge in [-0.1, -0.05) is 59.7 Å². The molecule has 0 saturated carbocycles. The molecule has 0 bridgehead atoms. The molecular weight excluding hydrogens is 340 g/mol. The van der Waals surface area contributed by atoms with E-state index in [1.807, 2.05) is 18.2 Å². The lowest BCUT2D eigenvalue weighted by Crippen LogP contribution is -2.18. The monoisotopic (exact) mass is 374 g/mol. The summed E-state index contributed by atoms with van der Waals surface area (Å²) in [6.45, 7) is 12.8. The highest BCUT2D eigenvalue weighted by Gasteiger charge is 2.27. The second kappa shape index (κ2) is 7.19. The lowest BCUT2D eigenvalue weighted by atomic mass is 9.81. The first-order valence-electron chi connectivity index (χ1n) is 9.09. The Morgan fingerprint density at radius 1 is 0.846 bits per heavy atom. The van der Waals surface area contributed by atoms with Crippen LogP contribution in [0.25, 0.3) is 0 Å². The summed E-state index contributed by atoms with van der Waals surface area (Å²) in [6.07, 6.45) is 4.56. The van der Waals surface area contributed by atoms with Crippen molar-refractivity contribution >= 4 is 10.0 Å². The maximum Gasteiger partial charge on any atom is 0.124 e. The van der Waals surface area contributed by atoms with E-state index < -0.39 is 10.0 Å². The lowest BCUT2D eigenvalue weighted by Gasteiger charge is -2.33. The van der Waals surface area contributed by atoms with E-state index in [-0.39, 0.29) is 10.8 Å². The first kappa shape index (κ1) is 20.7. The second-order valence-corrected chi connectivity index (χ2v) is 13.3. The fourth-order valence-corrected chi connectivity index (χ4v) is 4.39. The van der Waals surface area contributed by atoms with E-state index in [0.29, 0.717) is 11.7 Å². The van der Waals surface area contributed by atoms with Crippen molar-refractivity contribution in [2.24, 2.45) is 0 Å².